The summed E-state index contributed by atoms with van der Waals surface area (Å²) < 4.78 is 0. The standard InChI is InChI=1S/C31H23OS2/c32-31(24-11-4-1-5-12-24)25-13-10-14-27(23-25)33-26-19-21-30(22-20-26)34(28-15-6-2-7-16-28)29-17-8-3-9-18-29/h1-23H/q+1. The van der Waals surface area contributed by atoms with Gasteiger partial charge >= 0.3 is 0 Å². The van der Waals surface area contributed by atoms with Gasteiger partial charge in [0, 0.05) is 20.9 Å². The fraction of sp³-hybridized carbons (Fsp3) is 0. The molecule has 0 saturated carbocycles. The molecule has 1 nitrogen and oxygen atoms in total. The molecule has 0 saturated heterocycles. The molecule has 5 aromatic carbocycles. The van der Waals surface area contributed by atoms with Crippen LogP contribution in [0, 0.1) is 0 Å². The van der Waals surface area contributed by atoms with Crippen molar-refractivity contribution in [3.8, 4) is 0 Å². The maximum atomic E-state index is 12.8. The van der Waals surface area contributed by atoms with Gasteiger partial charge in [0.2, 0.25) is 0 Å². The lowest BCUT2D eigenvalue weighted by molar-refractivity contribution is 0.103. The van der Waals surface area contributed by atoms with Gasteiger partial charge in [-0.3, -0.25) is 4.79 Å². The quantitative estimate of drug-likeness (QED) is 0.174. The average molecular weight is 476 g/mol. The summed E-state index contributed by atoms with van der Waals surface area (Å²) in [5.41, 5.74) is 1.42. The molecule has 0 bridgehead atoms. The van der Waals surface area contributed by atoms with E-state index >= 15 is 0 Å². The predicted molar refractivity (Wildman–Crippen MR) is 142 cm³/mol. The number of hydrogen-bond donors (Lipinski definition) is 0. The van der Waals surface area contributed by atoms with E-state index in [1.165, 1.54) is 14.7 Å². The molecule has 0 spiro atoms. The molecular weight excluding hydrogens is 452 g/mol. The number of carbonyl (C=O) groups excluding carboxylic acids is 1. The highest BCUT2D eigenvalue weighted by Crippen LogP contribution is 2.34. The largest absolute Gasteiger partial charge is 0.289 e. The Morgan fingerprint density at radius 1 is 0.471 bits per heavy atom. The lowest BCUT2D eigenvalue weighted by atomic mass is 10.0. The van der Waals surface area contributed by atoms with Crippen LogP contribution >= 0.6 is 11.8 Å². The molecule has 0 atom stereocenters. The molecule has 0 aliphatic heterocycles. The van der Waals surface area contributed by atoms with Gasteiger partial charge < -0.3 is 0 Å². The van der Waals surface area contributed by atoms with Crippen molar-refractivity contribution in [2.75, 3.05) is 0 Å². The minimum Gasteiger partial charge on any atom is -0.289 e. The smallest absolute Gasteiger partial charge is 0.193 e. The molecule has 0 aromatic heterocycles. The van der Waals surface area contributed by atoms with Crippen molar-refractivity contribution in [2.24, 2.45) is 0 Å². The zero-order valence-electron chi connectivity index (χ0n) is 18.5. The van der Waals surface area contributed by atoms with Gasteiger partial charge in [-0.25, -0.2) is 0 Å². The van der Waals surface area contributed by atoms with Gasteiger partial charge in [0.15, 0.2) is 20.5 Å². The summed E-state index contributed by atoms with van der Waals surface area (Å²) in [4.78, 5) is 18.9. The molecule has 0 aliphatic carbocycles. The van der Waals surface area contributed by atoms with Crippen LogP contribution in [0.4, 0.5) is 0 Å². The number of benzene rings is 5. The first kappa shape index (κ1) is 22.3. The third-order valence-electron chi connectivity index (χ3n) is 5.39. The molecule has 3 heteroatoms. The Balaban J connectivity index is 1.39. The molecule has 164 valence electrons. The van der Waals surface area contributed by atoms with E-state index in [1.54, 1.807) is 11.8 Å². The lowest BCUT2D eigenvalue weighted by Gasteiger charge is -2.09. The first-order chi connectivity index (χ1) is 16.8. The van der Waals surface area contributed by atoms with E-state index in [9.17, 15) is 4.79 Å². The van der Waals surface area contributed by atoms with Gasteiger partial charge in [0.1, 0.15) is 0 Å². The van der Waals surface area contributed by atoms with E-state index in [0.717, 1.165) is 9.79 Å². The summed E-state index contributed by atoms with van der Waals surface area (Å²) in [6.45, 7) is 0. The molecular formula is C31H23OS2+. The summed E-state index contributed by atoms with van der Waals surface area (Å²) in [6.07, 6.45) is 0. The zero-order chi connectivity index (χ0) is 23.2. The van der Waals surface area contributed by atoms with Crippen molar-refractivity contribution in [1.29, 1.82) is 0 Å². The van der Waals surface area contributed by atoms with Gasteiger partial charge in [-0.05, 0) is 60.7 Å². The first-order valence-electron chi connectivity index (χ1n) is 11.1. The number of carbonyl (C=O) groups is 1. The van der Waals surface area contributed by atoms with Crippen molar-refractivity contribution < 1.29 is 4.79 Å². The molecule has 5 rings (SSSR count). The van der Waals surface area contributed by atoms with Crippen LogP contribution in [-0.2, 0) is 10.9 Å². The van der Waals surface area contributed by atoms with Crippen molar-refractivity contribution in [3.05, 3.63) is 151 Å². The van der Waals surface area contributed by atoms with Crippen LogP contribution in [0.2, 0.25) is 0 Å². The molecule has 0 fully saturated rings. The van der Waals surface area contributed by atoms with E-state index < -0.39 is 0 Å². The Morgan fingerprint density at radius 2 is 0.971 bits per heavy atom. The molecule has 0 unspecified atom stereocenters. The predicted octanol–water partition coefficient (Wildman–Crippen LogP) is 8.16. The molecule has 5 aromatic rings. The molecule has 0 amide bonds. The lowest BCUT2D eigenvalue weighted by Crippen LogP contribution is -2.04. The zero-order valence-corrected chi connectivity index (χ0v) is 20.1. The summed E-state index contributed by atoms with van der Waals surface area (Å²) >= 11 is 1.68. The minimum absolute atomic E-state index is 0.0492. The highest BCUT2D eigenvalue weighted by atomic mass is 32.2. The number of ketones is 1. The van der Waals surface area contributed by atoms with Crippen LogP contribution in [0.25, 0.3) is 0 Å². The molecule has 34 heavy (non-hydrogen) atoms. The molecule has 0 heterocycles. The summed E-state index contributed by atoms with van der Waals surface area (Å²) in [5.74, 6) is 0.0492. The van der Waals surface area contributed by atoms with E-state index in [-0.39, 0.29) is 16.7 Å². The number of rotatable bonds is 7. The highest BCUT2D eigenvalue weighted by Gasteiger charge is 2.28. The monoisotopic (exact) mass is 475 g/mol. The van der Waals surface area contributed by atoms with Gasteiger partial charge in [0.05, 0.1) is 10.9 Å². The maximum absolute atomic E-state index is 12.8. The van der Waals surface area contributed by atoms with Crippen molar-refractivity contribution in [1.82, 2.24) is 0 Å². The van der Waals surface area contributed by atoms with Gasteiger partial charge in [0.25, 0.3) is 0 Å². The third kappa shape index (κ3) is 5.17. The topological polar surface area (TPSA) is 17.1 Å². The molecule has 0 N–H and O–H groups in total. The van der Waals surface area contributed by atoms with E-state index in [4.69, 9.17) is 0 Å². The minimum atomic E-state index is -0.154. The number of hydrogen-bond acceptors (Lipinski definition) is 2. The summed E-state index contributed by atoms with van der Waals surface area (Å²) in [5, 5.41) is 0. The second-order valence-electron chi connectivity index (χ2n) is 7.73. The van der Waals surface area contributed by atoms with Crippen molar-refractivity contribution >= 4 is 28.4 Å². The third-order valence-corrected chi connectivity index (χ3v) is 8.61. The fourth-order valence-corrected chi connectivity index (χ4v) is 6.72. The van der Waals surface area contributed by atoms with Crippen LogP contribution in [0.15, 0.2) is 164 Å². The van der Waals surface area contributed by atoms with Crippen LogP contribution in [0.3, 0.4) is 0 Å². The van der Waals surface area contributed by atoms with Crippen LogP contribution in [0.5, 0.6) is 0 Å². The Kier molecular flexibility index (Phi) is 6.94. The normalized spacial score (nSPS) is 10.9. The van der Waals surface area contributed by atoms with Gasteiger partial charge in [-0.2, -0.15) is 0 Å². The van der Waals surface area contributed by atoms with Gasteiger partial charge in [-0.15, -0.1) is 0 Å². The second-order valence-corrected chi connectivity index (χ2v) is 10.9. The van der Waals surface area contributed by atoms with Crippen LogP contribution < -0.4 is 0 Å². The van der Waals surface area contributed by atoms with Crippen molar-refractivity contribution in [2.45, 2.75) is 24.5 Å². The van der Waals surface area contributed by atoms with E-state index in [2.05, 4.69) is 91.0 Å². The highest BCUT2D eigenvalue weighted by molar-refractivity contribution is 7.99. The van der Waals surface area contributed by atoms with E-state index in [0.29, 0.717) is 11.1 Å². The molecule has 0 aliphatic rings. The molecule has 0 radical (unpaired) electrons. The SMILES string of the molecule is O=C(c1ccccc1)c1cccc(Sc2ccc([S+](c3ccccc3)c3ccccc3)cc2)c1. The Hall–Kier alpha value is -3.53. The van der Waals surface area contributed by atoms with E-state index in [1.807, 2.05) is 48.5 Å². The van der Waals surface area contributed by atoms with Crippen LogP contribution in [-0.4, -0.2) is 5.78 Å². The van der Waals surface area contributed by atoms with Gasteiger partial charge in [-0.1, -0.05) is 90.6 Å². The maximum Gasteiger partial charge on any atom is 0.193 e. The average Bonchev–Trinajstić information content (AvgIpc) is 2.91. The first-order valence-corrected chi connectivity index (χ1v) is 13.1. The summed E-state index contributed by atoms with van der Waals surface area (Å²) in [6, 6.07) is 47.5. The Bertz CT molecular complexity index is 1330. The van der Waals surface area contributed by atoms with Crippen LogP contribution in [0.1, 0.15) is 15.9 Å². The second kappa shape index (κ2) is 10.6. The Morgan fingerprint density at radius 3 is 1.56 bits per heavy atom. The fourth-order valence-electron chi connectivity index (χ4n) is 3.76. The van der Waals surface area contributed by atoms with Crippen molar-refractivity contribution in [3.63, 3.8) is 0 Å². The Labute approximate surface area is 207 Å². The summed E-state index contributed by atoms with van der Waals surface area (Å²) in [7, 11) is -0.154.